The van der Waals surface area contributed by atoms with Gasteiger partial charge in [0.1, 0.15) is 12.3 Å². The molecule has 0 atom stereocenters. The third-order valence-electron chi connectivity index (χ3n) is 2.86. The van der Waals surface area contributed by atoms with E-state index in [1.54, 1.807) is 36.5 Å². The number of hydrogen-bond donors (Lipinski definition) is 1. The summed E-state index contributed by atoms with van der Waals surface area (Å²) in [5, 5.41) is 9.20. The zero-order chi connectivity index (χ0) is 16.3. The van der Waals surface area contributed by atoms with Gasteiger partial charge in [0, 0.05) is 6.07 Å². The molecule has 9 heteroatoms. The third kappa shape index (κ3) is 3.54. The average Bonchev–Trinajstić information content (AvgIpc) is 2.86. The van der Waals surface area contributed by atoms with Crippen molar-refractivity contribution in [3.8, 4) is 11.4 Å². The Morgan fingerprint density at radius 3 is 2.77 bits per heavy atom. The van der Waals surface area contributed by atoms with Crippen LogP contribution in [0.2, 0.25) is 0 Å². The summed E-state index contributed by atoms with van der Waals surface area (Å²) in [6.45, 7) is 0.124. The van der Waals surface area contributed by atoms with E-state index in [2.05, 4.69) is 10.3 Å². The standard InChI is InChI=1S/C13H13F3N4O2/c1-8-11(12(21)17-7-13(14,15)16)18-19-20(8)9-4-3-5-10(6-9)22-2/h3-6H,7H2,1-2H3,(H,17,21). The van der Waals surface area contributed by atoms with Crippen LogP contribution in [-0.2, 0) is 0 Å². The van der Waals surface area contributed by atoms with Crippen LogP contribution in [0.15, 0.2) is 24.3 Å². The number of aromatic nitrogens is 3. The number of rotatable bonds is 4. The quantitative estimate of drug-likeness (QED) is 0.935. The van der Waals surface area contributed by atoms with Gasteiger partial charge in [-0.2, -0.15) is 13.2 Å². The molecule has 0 radical (unpaired) electrons. The topological polar surface area (TPSA) is 69.0 Å². The normalized spacial score (nSPS) is 11.3. The summed E-state index contributed by atoms with van der Waals surface area (Å²) in [5.41, 5.74) is 0.749. The van der Waals surface area contributed by atoms with Gasteiger partial charge >= 0.3 is 6.18 Å². The van der Waals surface area contributed by atoms with Crippen LogP contribution in [0.5, 0.6) is 5.75 Å². The molecule has 0 aliphatic carbocycles. The lowest BCUT2D eigenvalue weighted by atomic mass is 10.2. The highest BCUT2D eigenvalue weighted by Crippen LogP contribution is 2.18. The minimum atomic E-state index is -4.48. The second-order valence-corrected chi connectivity index (χ2v) is 4.43. The lowest BCUT2D eigenvalue weighted by Gasteiger charge is -2.08. The number of carbonyl (C=O) groups excluding carboxylic acids is 1. The van der Waals surface area contributed by atoms with Crippen LogP contribution in [0.4, 0.5) is 13.2 Å². The zero-order valence-electron chi connectivity index (χ0n) is 11.8. The van der Waals surface area contributed by atoms with Crippen LogP contribution in [-0.4, -0.2) is 40.7 Å². The molecule has 22 heavy (non-hydrogen) atoms. The first-order valence-corrected chi connectivity index (χ1v) is 6.23. The maximum atomic E-state index is 12.1. The van der Waals surface area contributed by atoms with E-state index in [0.29, 0.717) is 17.1 Å². The summed E-state index contributed by atoms with van der Waals surface area (Å²) in [6.07, 6.45) is -4.48. The Kier molecular flexibility index (Phi) is 4.34. The Morgan fingerprint density at radius 2 is 2.14 bits per heavy atom. The molecule has 0 spiro atoms. The van der Waals surface area contributed by atoms with Gasteiger partial charge in [-0.05, 0) is 19.1 Å². The van der Waals surface area contributed by atoms with E-state index in [1.807, 2.05) is 0 Å². The third-order valence-corrected chi connectivity index (χ3v) is 2.86. The summed E-state index contributed by atoms with van der Waals surface area (Å²) < 4.78 is 42.8. The molecule has 1 heterocycles. The van der Waals surface area contributed by atoms with Gasteiger partial charge in [-0.1, -0.05) is 11.3 Å². The minimum Gasteiger partial charge on any atom is -0.497 e. The van der Waals surface area contributed by atoms with Gasteiger partial charge in [0.2, 0.25) is 0 Å². The van der Waals surface area contributed by atoms with Crippen molar-refractivity contribution in [1.29, 1.82) is 0 Å². The molecule has 6 nitrogen and oxygen atoms in total. The van der Waals surface area contributed by atoms with Gasteiger partial charge in [0.05, 0.1) is 18.5 Å². The van der Waals surface area contributed by atoms with Gasteiger partial charge in [-0.3, -0.25) is 4.79 Å². The highest BCUT2D eigenvalue weighted by atomic mass is 19.4. The molecule has 0 saturated carbocycles. The molecule has 118 valence electrons. The van der Waals surface area contributed by atoms with Crippen molar-refractivity contribution in [3.63, 3.8) is 0 Å². The maximum absolute atomic E-state index is 12.1. The number of halogens is 3. The first-order valence-electron chi connectivity index (χ1n) is 6.23. The first-order chi connectivity index (χ1) is 10.3. The monoisotopic (exact) mass is 314 g/mol. The number of benzene rings is 1. The summed E-state index contributed by atoms with van der Waals surface area (Å²) in [6, 6.07) is 6.83. The van der Waals surface area contributed by atoms with Gasteiger partial charge in [0.15, 0.2) is 5.69 Å². The fraction of sp³-hybridized carbons (Fsp3) is 0.308. The van der Waals surface area contributed by atoms with E-state index in [-0.39, 0.29) is 5.69 Å². The van der Waals surface area contributed by atoms with Gasteiger partial charge < -0.3 is 10.1 Å². The van der Waals surface area contributed by atoms with Crippen LogP contribution in [0.3, 0.4) is 0 Å². The molecule has 0 aliphatic heterocycles. The molecule has 0 bridgehead atoms. The smallest absolute Gasteiger partial charge is 0.405 e. The lowest BCUT2D eigenvalue weighted by molar-refractivity contribution is -0.123. The molecule has 0 fully saturated rings. The first kappa shape index (κ1) is 15.8. The van der Waals surface area contributed by atoms with E-state index >= 15 is 0 Å². The predicted octanol–water partition coefficient (Wildman–Crippen LogP) is 1.88. The van der Waals surface area contributed by atoms with Crippen LogP contribution in [0.25, 0.3) is 5.69 Å². The van der Waals surface area contributed by atoms with Crippen molar-refractivity contribution in [3.05, 3.63) is 35.7 Å². The number of carbonyl (C=O) groups is 1. The maximum Gasteiger partial charge on any atom is 0.405 e. The van der Waals surface area contributed by atoms with Crippen LogP contribution < -0.4 is 10.1 Å². The second-order valence-electron chi connectivity index (χ2n) is 4.43. The average molecular weight is 314 g/mol. The second kappa shape index (κ2) is 6.04. The van der Waals surface area contributed by atoms with Gasteiger partial charge in [-0.15, -0.1) is 5.10 Å². The lowest BCUT2D eigenvalue weighted by Crippen LogP contribution is -2.34. The zero-order valence-corrected chi connectivity index (χ0v) is 11.8. The van der Waals surface area contributed by atoms with Gasteiger partial charge in [-0.25, -0.2) is 4.68 Å². The number of nitrogens with zero attached hydrogens (tertiary/aromatic N) is 3. The highest BCUT2D eigenvalue weighted by Gasteiger charge is 2.29. The van der Waals surface area contributed by atoms with E-state index < -0.39 is 18.6 Å². The van der Waals surface area contributed by atoms with Crippen molar-refractivity contribution in [2.45, 2.75) is 13.1 Å². The van der Waals surface area contributed by atoms with Crippen molar-refractivity contribution < 1.29 is 22.7 Å². The molecule has 0 unspecified atom stereocenters. The van der Waals surface area contributed by atoms with Crippen LogP contribution >= 0.6 is 0 Å². The SMILES string of the molecule is COc1cccc(-n2nnc(C(=O)NCC(F)(F)F)c2C)c1. The Hall–Kier alpha value is -2.58. The molecular formula is C13H13F3N4O2. The van der Waals surface area contributed by atoms with Crippen molar-refractivity contribution in [2.24, 2.45) is 0 Å². The van der Waals surface area contributed by atoms with E-state index in [0.717, 1.165) is 0 Å². The fourth-order valence-corrected chi connectivity index (χ4v) is 1.79. The molecule has 2 rings (SSSR count). The molecule has 1 amide bonds. The number of ether oxygens (including phenoxy) is 1. The van der Waals surface area contributed by atoms with Gasteiger partial charge in [0.25, 0.3) is 5.91 Å². The van der Waals surface area contributed by atoms with Crippen LogP contribution in [0, 0.1) is 6.92 Å². The molecule has 0 saturated heterocycles. The summed E-state index contributed by atoms with van der Waals surface area (Å²) in [4.78, 5) is 11.7. The summed E-state index contributed by atoms with van der Waals surface area (Å²) in [7, 11) is 1.50. The van der Waals surface area contributed by atoms with Crippen molar-refractivity contribution in [2.75, 3.05) is 13.7 Å². The van der Waals surface area contributed by atoms with Crippen molar-refractivity contribution >= 4 is 5.91 Å². The Bertz CT molecular complexity index is 682. The predicted molar refractivity (Wildman–Crippen MR) is 71.0 cm³/mol. The largest absolute Gasteiger partial charge is 0.497 e. The summed E-state index contributed by atoms with van der Waals surface area (Å²) in [5.74, 6) is -0.348. The highest BCUT2D eigenvalue weighted by molar-refractivity contribution is 5.93. The number of amides is 1. The Labute approximate surface area is 123 Å². The van der Waals surface area contributed by atoms with E-state index in [4.69, 9.17) is 4.74 Å². The molecular weight excluding hydrogens is 301 g/mol. The van der Waals surface area contributed by atoms with E-state index in [1.165, 1.54) is 11.8 Å². The van der Waals surface area contributed by atoms with Crippen LogP contribution in [0.1, 0.15) is 16.2 Å². The molecule has 2 aromatic rings. The number of hydrogen-bond acceptors (Lipinski definition) is 4. The number of methoxy groups -OCH3 is 1. The molecule has 1 aromatic carbocycles. The Balaban J connectivity index is 2.23. The summed E-state index contributed by atoms with van der Waals surface area (Å²) >= 11 is 0. The fourth-order valence-electron chi connectivity index (χ4n) is 1.79. The number of nitrogens with one attached hydrogen (secondary N) is 1. The molecule has 1 aromatic heterocycles. The number of alkyl halides is 3. The van der Waals surface area contributed by atoms with Crippen molar-refractivity contribution in [1.82, 2.24) is 20.3 Å². The molecule has 0 aliphatic rings. The Morgan fingerprint density at radius 1 is 1.41 bits per heavy atom. The minimum absolute atomic E-state index is 0.160. The molecule has 1 N–H and O–H groups in total. The van der Waals surface area contributed by atoms with E-state index in [9.17, 15) is 18.0 Å².